The second kappa shape index (κ2) is 8.64. The molecule has 0 saturated heterocycles. The molecule has 0 aliphatic rings. The van der Waals surface area contributed by atoms with Crippen molar-refractivity contribution in [2.75, 3.05) is 13.2 Å². The monoisotopic (exact) mass is 267 g/mol. The largest absolute Gasteiger partial charge is 0.396 e. The molecule has 0 aliphatic heterocycles. The highest BCUT2D eigenvalue weighted by atomic mass is 19.1. The Bertz CT molecular complexity index is 389. The number of carbonyl (C=O) groups excluding carboxylic acids is 1. The number of carbonyl (C=O) groups is 1. The Kier molecular flexibility index (Phi) is 7.11. The van der Waals surface area contributed by atoms with E-state index >= 15 is 0 Å². The van der Waals surface area contributed by atoms with Gasteiger partial charge in [-0.2, -0.15) is 0 Å². The molecule has 1 rings (SSSR count). The molecular formula is C15H22FNO2. The summed E-state index contributed by atoms with van der Waals surface area (Å²) in [6.45, 7) is 2.80. The Balaban J connectivity index is 2.38. The number of amides is 1. The second-order valence-corrected chi connectivity index (χ2v) is 4.78. The molecule has 1 aromatic carbocycles. The maximum Gasteiger partial charge on any atom is 0.224 e. The van der Waals surface area contributed by atoms with Gasteiger partial charge in [-0.1, -0.05) is 25.5 Å². The highest BCUT2D eigenvalue weighted by Gasteiger charge is 2.10. The maximum atomic E-state index is 13.0. The van der Waals surface area contributed by atoms with Crippen molar-refractivity contribution in [1.29, 1.82) is 0 Å². The van der Waals surface area contributed by atoms with E-state index < -0.39 is 0 Å². The van der Waals surface area contributed by atoms with E-state index in [-0.39, 0.29) is 24.8 Å². The van der Waals surface area contributed by atoms with E-state index in [0.717, 1.165) is 12.8 Å². The fraction of sp³-hybridized carbons (Fsp3) is 0.533. The zero-order valence-corrected chi connectivity index (χ0v) is 11.4. The molecule has 2 N–H and O–H groups in total. The van der Waals surface area contributed by atoms with Gasteiger partial charge in [0.15, 0.2) is 0 Å². The molecule has 0 bridgehead atoms. The summed E-state index contributed by atoms with van der Waals surface area (Å²) < 4.78 is 13.0. The fourth-order valence-electron chi connectivity index (χ4n) is 2.09. The molecule has 1 amide bonds. The van der Waals surface area contributed by atoms with Crippen LogP contribution in [0.2, 0.25) is 0 Å². The number of hydrogen-bond donors (Lipinski definition) is 2. The quantitative estimate of drug-likeness (QED) is 0.759. The van der Waals surface area contributed by atoms with Crippen molar-refractivity contribution >= 4 is 5.91 Å². The minimum Gasteiger partial charge on any atom is -0.396 e. The van der Waals surface area contributed by atoms with Gasteiger partial charge in [-0.25, -0.2) is 4.39 Å². The maximum absolute atomic E-state index is 13.0. The van der Waals surface area contributed by atoms with E-state index in [1.165, 1.54) is 12.1 Å². The molecule has 3 nitrogen and oxygen atoms in total. The van der Waals surface area contributed by atoms with Crippen molar-refractivity contribution in [3.8, 4) is 0 Å². The van der Waals surface area contributed by atoms with Gasteiger partial charge in [0.25, 0.3) is 0 Å². The topological polar surface area (TPSA) is 49.3 Å². The molecule has 0 aromatic heterocycles. The van der Waals surface area contributed by atoms with E-state index in [4.69, 9.17) is 5.11 Å². The summed E-state index contributed by atoms with van der Waals surface area (Å²) in [5.41, 5.74) is 0.673. The van der Waals surface area contributed by atoms with Crippen molar-refractivity contribution in [3.05, 3.63) is 35.6 Å². The molecule has 0 heterocycles. The molecule has 4 heteroatoms. The number of nitrogens with one attached hydrogen (secondary N) is 1. The number of halogens is 1. The summed E-state index contributed by atoms with van der Waals surface area (Å²) in [4.78, 5) is 11.7. The van der Waals surface area contributed by atoms with Crippen LogP contribution in [0.4, 0.5) is 4.39 Å². The lowest BCUT2D eigenvalue weighted by Crippen LogP contribution is -2.31. The molecule has 19 heavy (non-hydrogen) atoms. The Morgan fingerprint density at radius 2 is 2.21 bits per heavy atom. The van der Waals surface area contributed by atoms with Crippen LogP contribution in [0.15, 0.2) is 24.3 Å². The minimum absolute atomic E-state index is 0.107. The van der Waals surface area contributed by atoms with E-state index in [9.17, 15) is 9.18 Å². The predicted octanol–water partition coefficient (Wildman–Crippen LogP) is 2.28. The average Bonchev–Trinajstić information content (AvgIpc) is 2.36. The summed E-state index contributed by atoms with van der Waals surface area (Å²) in [5.74, 6) is -0.120. The van der Waals surface area contributed by atoms with Crippen LogP contribution < -0.4 is 5.32 Å². The number of benzene rings is 1. The summed E-state index contributed by atoms with van der Waals surface area (Å²) in [6.07, 6.45) is 2.91. The van der Waals surface area contributed by atoms with Gasteiger partial charge in [0.1, 0.15) is 5.82 Å². The Hall–Kier alpha value is -1.42. The van der Waals surface area contributed by atoms with Gasteiger partial charge in [0.05, 0.1) is 6.42 Å². The molecule has 0 aliphatic carbocycles. The first-order valence-electron chi connectivity index (χ1n) is 6.77. The smallest absolute Gasteiger partial charge is 0.224 e. The SMILES string of the molecule is CCCC(CCO)CNC(=O)Cc1cccc(F)c1. The molecule has 0 saturated carbocycles. The number of aliphatic hydroxyl groups is 1. The highest BCUT2D eigenvalue weighted by molar-refractivity contribution is 5.78. The normalized spacial score (nSPS) is 12.2. The van der Waals surface area contributed by atoms with Crippen LogP contribution in [-0.4, -0.2) is 24.2 Å². The van der Waals surface area contributed by atoms with Crippen LogP contribution in [0.1, 0.15) is 31.7 Å². The van der Waals surface area contributed by atoms with Gasteiger partial charge in [-0.15, -0.1) is 0 Å². The molecule has 106 valence electrons. The second-order valence-electron chi connectivity index (χ2n) is 4.78. The van der Waals surface area contributed by atoms with Gasteiger partial charge in [-0.3, -0.25) is 4.79 Å². The van der Waals surface area contributed by atoms with Crippen LogP contribution in [0.5, 0.6) is 0 Å². The molecule has 0 radical (unpaired) electrons. The predicted molar refractivity (Wildman–Crippen MR) is 73.2 cm³/mol. The van der Waals surface area contributed by atoms with Crippen LogP contribution in [0, 0.1) is 11.7 Å². The summed E-state index contributed by atoms with van der Waals surface area (Å²) >= 11 is 0. The molecule has 1 atom stereocenters. The molecule has 1 aromatic rings. The van der Waals surface area contributed by atoms with Crippen LogP contribution in [0.3, 0.4) is 0 Å². The van der Waals surface area contributed by atoms with Crippen molar-refractivity contribution in [1.82, 2.24) is 5.32 Å². The van der Waals surface area contributed by atoms with Crippen LogP contribution >= 0.6 is 0 Å². The van der Waals surface area contributed by atoms with E-state index in [2.05, 4.69) is 12.2 Å². The first kappa shape index (κ1) is 15.6. The zero-order chi connectivity index (χ0) is 14.1. The van der Waals surface area contributed by atoms with Crippen molar-refractivity contribution in [3.63, 3.8) is 0 Å². The summed E-state index contributed by atoms with van der Waals surface area (Å²) in [7, 11) is 0. The first-order chi connectivity index (χ1) is 9.15. The van der Waals surface area contributed by atoms with Gasteiger partial charge >= 0.3 is 0 Å². The van der Waals surface area contributed by atoms with Crippen LogP contribution in [0.25, 0.3) is 0 Å². The van der Waals surface area contributed by atoms with Crippen LogP contribution in [-0.2, 0) is 11.2 Å². The van der Waals surface area contributed by atoms with Crippen molar-refractivity contribution in [2.45, 2.75) is 32.6 Å². The number of hydrogen-bond acceptors (Lipinski definition) is 2. The average molecular weight is 267 g/mol. The van der Waals surface area contributed by atoms with E-state index in [0.29, 0.717) is 24.4 Å². The highest BCUT2D eigenvalue weighted by Crippen LogP contribution is 2.09. The number of rotatable bonds is 8. The molecule has 0 fully saturated rings. The lowest BCUT2D eigenvalue weighted by Gasteiger charge is -2.15. The third-order valence-corrected chi connectivity index (χ3v) is 3.08. The van der Waals surface area contributed by atoms with Crippen molar-refractivity contribution < 1.29 is 14.3 Å². The minimum atomic E-state index is -0.325. The Morgan fingerprint density at radius 1 is 1.42 bits per heavy atom. The van der Waals surface area contributed by atoms with Gasteiger partial charge < -0.3 is 10.4 Å². The van der Waals surface area contributed by atoms with Gasteiger partial charge in [0, 0.05) is 13.2 Å². The third kappa shape index (κ3) is 6.34. The summed E-state index contributed by atoms with van der Waals surface area (Å²) in [6, 6.07) is 6.07. The molecule has 0 spiro atoms. The third-order valence-electron chi connectivity index (χ3n) is 3.08. The van der Waals surface area contributed by atoms with Gasteiger partial charge in [-0.05, 0) is 36.5 Å². The Labute approximate surface area is 113 Å². The lowest BCUT2D eigenvalue weighted by molar-refractivity contribution is -0.120. The molecular weight excluding hydrogens is 245 g/mol. The fourth-order valence-corrected chi connectivity index (χ4v) is 2.09. The van der Waals surface area contributed by atoms with E-state index in [1.54, 1.807) is 12.1 Å². The number of aliphatic hydroxyl groups excluding tert-OH is 1. The van der Waals surface area contributed by atoms with Gasteiger partial charge in [0.2, 0.25) is 5.91 Å². The summed E-state index contributed by atoms with van der Waals surface area (Å²) in [5, 5.41) is 11.8. The first-order valence-corrected chi connectivity index (χ1v) is 6.77. The zero-order valence-electron chi connectivity index (χ0n) is 11.4. The van der Waals surface area contributed by atoms with E-state index in [1.807, 2.05) is 0 Å². The lowest BCUT2D eigenvalue weighted by atomic mass is 10.00. The standard InChI is InChI=1S/C15H22FNO2/c1-2-4-12(7-8-18)11-17-15(19)10-13-5-3-6-14(16)9-13/h3,5-6,9,12,18H,2,4,7-8,10-11H2,1H3,(H,17,19). The Morgan fingerprint density at radius 3 is 2.84 bits per heavy atom. The van der Waals surface area contributed by atoms with Crippen molar-refractivity contribution in [2.24, 2.45) is 5.92 Å². The molecule has 1 unspecified atom stereocenters.